The van der Waals surface area contributed by atoms with Gasteiger partial charge in [-0.3, -0.25) is 4.57 Å². The number of nitrogens with zero attached hydrogens (tertiary/aromatic N) is 3. The number of urea groups is 1. The first-order valence-corrected chi connectivity index (χ1v) is 8.81. The molecule has 1 saturated carbocycles. The number of hydrogen-bond acceptors (Lipinski definition) is 4. The van der Waals surface area contributed by atoms with Gasteiger partial charge in [0.25, 0.3) is 0 Å². The van der Waals surface area contributed by atoms with Gasteiger partial charge in [-0.2, -0.15) is 0 Å². The highest BCUT2D eigenvalue weighted by atomic mass is 16.5. The van der Waals surface area contributed by atoms with Crippen LogP contribution in [0.25, 0.3) is 5.69 Å². The van der Waals surface area contributed by atoms with Crippen molar-refractivity contribution in [2.24, 2.45) is 0 Å². The van der Waals surface area contributed by atoms with Gasteiger partial charge < -0.3 is 15.4 Å². The van der Waals surface area contributed by atoms with Crippen molar-refractivity contribution < 1.29 is 9.53 Å². The summed E-state index contributed by atoms with van der Waals surface area (Å²) in [5.74, 6) is 0. The van der Waals surface area contributed by atoms with Crippen LogP contribution in [0.4, 0.5) is 10.5 Å². The summed E-state index contributed by atoms with van der Waals surface area (Å²) in [7, 11) is 0. The second kappa shape index (κ2) is 6.48. The number of carbonyl (C=O) groups is 1. The lowest BCUT2D eigenvalue weighted by Crippen LogP contribution is -2.39. The SMILES string of the molecule is Cc1ccc(-n2cnnc2)cc1NC(=O)N[C@H]1COC2(CCCC2)C1. The fourth-order valence-electron chi connectivity index (χ4n) is 3.89. The van der Waals surface area contributed by atoms with E-state index >= 15 is 0 Å². The van der Waals surface area contributed by atoms with Crippen molar-refractivity contribution in [2.45, 2.75) is 50.7 Å². The van der Waals surface area contributed by atoms with E-state index in [2.05, 4.69) is 20.8 Å². The van der Waals surface area contributed by atoms with E-state index < -0.39 is 0 Å². The molecule has 2 fully saturated rings. The number of anilines is 1. The Bertz CT molecular complexity index is 753. The summed E-state index contributed by atoms with van der Waals surface area (Å²) in [5.41, 5.74) is 2.70. The molecule has 1 atom stereocenters. The van der Waals surface area contributed by atoms with Gasteiger partial charge in [0.15, 0.2) is 0 Å². The standard InChI is InChI=1S/C18H23N5O2/c1-13-4-5-15(23-11-19-20-12-23)8-16(13)22-17(24)21-14-9-18(25-10-14)6-2-3-7-18/h4-5,8,11-12,14H,2-3,6-7,9-10H2,1H3,(H2,21,22,24)/t14-/m1/s1. The van der Waals surface area contributed by atoms with Crippen LogP contribution < -0.4 is 10.6 Å². The van der Waals surface area contributed by atoms with Crippen molar-refractivity contribution in [1.29, 1.82) is 0 Å². The van der Waals surface area contributed by atoms with Crippen LogP contribution in [0.5, 0.6) is 0 Å². The maximum Gasteiger partial charge on any atom is 0.319 e. The Balaban J connectivity index is 1.40. The average Bonchev–Trinajstić information content (AvgIpc) is 3.33. The van der Waals surface area contributed by atoms with E-state index in [1.807, 2.05) is 25.1 Å². The average molecular weight is 341 g/mol. The van der Waals surface area contributed by atoms with Crippen molar-refractivity contribution >= 4 is 11.7 Å². The fourth-order valence-corrected chi connectivity index (χ4v) is 3.89. The van der Waals surface area contributed by atoms with Crippen molar-refractivity contribution in [1.82, 2.24) is 20.1 Å². The number of carbonyl (C=O) groups excluding carboxylic acids is 1. The zero-order valence-electron chi connectivity index (χ0n) is 14.4. The van der Waals surface area contributed by atoms with Crippen LogP contribution in [0.1, 0.15) is 37.7 Å². The Morgan fingerprint density at radius 2 is 2.04 bits per heavy atom. The fraction of sp³-hybridized carbons (Fsp3) is 0.500. The highest BCUT2D eigenvalue weighted by molar-refractivity contribution is 5.90. The van der Waals surface area contributed by atoms with Gasteiger partial charge in [0.05, 0.1) is 23.9 Å². The molecular weight excluding hydrogens is 318 g/mol. The topological polar surface area (TPSA) is 81.1 Å². The lowest BCUT2D eigenvalue weighted by molar-refractivity contribution is 0.00998. The van der Waals surface area contributed by atoms with Crippen molar-refractivity contribution in [3.05, 3.63) is 36.4 Å². The lowest BCUT2D eigenvalue weighted by atomic mass is 9.96. The molecule has 1 aliphatic carbocycles. The molecule has 1 saturated heterocycles. The van der Waals surface area contributed by atoms with Crippen LogP contribution in [0.15, 0.2) is 30.9 Å². The Kier molecular flexibility index (Phi) is 4.17. The molecule has 1 aliphatic heterocycles. The van der Waals surface area contributed by atoms with E-state index in [0.717, 1.165) is 36.2 Å². The van der Waals surface area contributed by atoms with E-state index in [-0.39, 0.29) is 17.7 Å². The molecule has 7 heteroatoms. The van der Waals surface area contributed by atoms with Gasteiger partial charge in [0, 0.05) is 5.69 Å². The van der Waals surface area contributed by atoms with Crippen LogP contribution >= 0.6 is 0 Å². The Hall–Kier alpha value is -2.41. The summed E-state index contributed by atoms with van der Waals surface area (Å²) in [6.07, 6.45) is 8.87. The van der Waals surface area contributed by atoms with Crippen LogP contribution in [-0.4, -0.2) is 39.0 Å². The van der Waals surface area contributed by atoms with E-state index in [1.54, 1.807) is 17.2 Å². The predicted octanol–water partition coefficient (Wildman–Crippen LogP) is 2.80. The first-order chi connectivity index (χ1) is 12.1. The molecule has 1 aromatic heterocycles. The van der Waals surface area contributed by atoms with Gasteiger partial charge in [-0.25, -0.2) is 4.79 Å². The highest BCUT2D eigenvalue weighted by Crippen LogP contribution is 2.40. The van der Waals surface area contributed by atoms with Crippen LogP contribution in [-0.2, 0) is 4.74 Å². The second-order valence-electron chi connectivity index (χ2n) is 7.07. The third-order valence-corrected chi connectivity index (χ3v) is 5.25. The highest BCUT2D eigenvalue weighted by Gasteiger charge is 2.42. The normalized spacial score (nSPS) is 21.6. The van der Waals surface area contributed by atoms with Crippen LogP contribution in [0.2, 0.25) is 0 Å². The predicted molar refractivity (Wildman–Crippen MR) is 93.8 cm³/mol. The number of hydrogen-bond donors (Lipinski definition) is 2. The molecule has 132 valence electrons. The van der Waals surface area contributed by atoms with Crippen molar-refractivity contribution in [3.63, 3.8) is 0 Å². The number of aryl methyl sites for hydroxylation is 1. The summed E-state index contributed by atoms with van der Waals surface area (Å²) in [4.78, 5) is 12.4. The molecule has 2 amide bonds. The second-order valence-corrected chi connectivity index (χ2v) is 7.07. The summed E-state index contributed by atoms with van der Waals surface area (Å²) in [6, 6.07) is 5.75. The molecule has 1 spiro atoms. The van der Waals surface area contributed by atoms with E-state index in [4.69, 9.17) is 4.74 Å². The molecule has 2 N–H and O–H groups in total. The lowest BCUT2D eigenvalue weighted by Gasteiger charge is -2.21. The third kappa shape index (κ3) is 3.37. The Morgan fingerprint density at radius 1 is 1.28 bits per heavy atom. The summed E-state index contributed by atoms with van der Waals surface area (Å²) < 4.78 is 7.80. The monoisotopic (exact) mass is 341 g/mol. The van der Waals surface area contributed by atoms with Gasteiger partial charge in [0.2, 0.25) is 0 Å². The number of nitrogens with one attached hydrogen (secondary N) is 2. The molecule has 2 aromatic rings. The van der Waals surface area contributed by atoms with Crippen LogP contribution in [0, 0.1) is 6.92 Å². The number of benzene rings is 1. The van der Waals surface area contributed by atoms with Gasteiger partial charge in [-0.05, 0) is 43.9 Å². The van der Waals surface area contributed by atoms with Crippen molar-refractivity contribution in [3.8, 4) is 5.69 Å². The minimum Gasteiger partial charge on any atom is -0.373 e. The molecule has 7 nitrogen and oxygen atoms in total. The number of rotatable bonds is 3. The quantitative estimate of drug-likeness (QED) is 0.899. The Morgan fingerprint density at radius 3 is 2.80 bits per heavy atom. The van der Waals surface area contributed by atoms with Gasteiger partial charge in [-0.1, -0.05) is 18.9 Å². The molecule has 2 aliphatic rings. The number of ether oxygens (including phenoxy) is 1. The first-order valence-electron chi connectivity index (χ1n) is 8.81. The number of amides is 2. The maximum atomic E-state index is 12.4. The minimum absolute atomic E-state index is 0.0161. The minimum atomic E-state index is -0.187. The zero-order chi connectivity index (χ0) is 17.3. The Labute approximate surface area is 146 Å². The van der Waals surface area contributed by atoms with E-state index in [9.17, 15) is 4.79 Å². The molecular formula is C18H23N5O2. The van der Waals surface area contributed by atoms with E-state index in [0.29, 0.717) is 6.61 Å². The largest absolute Gasteiger partial charge is 0.373 e. The van der Waals surface area contributed by atoms with Crippen molar-refractivity contribution in [2.75, 3.05) is 11.9 Å². The smallest absolute Gasteiger partial charge is 0.319 e. The summed E-state index contributed by atoms with van der Waals surface area (Å²) in [5, 5.41) is 13.6. The molecule has 0 bridgehead atoms. The molecule has 1 aromatic carbocycles. The maximum absolute atomic E-state index is 12.4. The molecule has 0 radical (unpaired) electrons. The summed E-state index contributed by atoms with van der Waals surface area (Å²) in [6.45, 7) is 2.57. The molecule has 2 heterocycles. The van der Waals surface area contributed by atoms with Gasteiger partial charge >= 0.3 is 6.03 Å². The van der Waals surface area contributed by atoms with Crippen LogP contribution in [0.3, 0.4) is 0 Å². The first kappa shape index (κ1) is 16.1. The van der Waals surface area contributed by atoms with E-state index in [1.165, 1.54) is 12.8 Å². The van der Waals surface area contributed by atoms with Gasteiger partial charge in [-0.15, -0.1) is 10.2 Å². The third-order valence-electron chi connectivity index (χ3n) is 5.25. The molecule has 4 rings (SSSR count). The molecule has 0 unspecified atom stereocenters. The number of aromatic nitrogens is 3. The zero-order valence-corrected chi connectivity index (χ0v) is 14.4. The molecule has 25 heavy (non-hydrogen) atoms. The summed E-state index contributed by atoms with van der Waals surface area (Å²) >= 11 is 0. The van der Waals surface area contributed by atoms with Gasteiger partial charge in [0.1, 0.15) is 12.7 Å².